The van der Waals surface area contributed by atoms with E-state index in [1.165, 1.54) is 159 Å². The average Bonchev–Trinajstić information content (AvgIpc) is 3.04. The number of hydrogen-bond acceptors (Lipinski definition) is 0. The number of benzene rings is 1. The minimum Gasteiger partial charge on any atom is -0.315 e. The molecule has 0 spiro atoms. The van der Waals surface area contributed by atoms with Gasteiger partial charge >= 0.3 is 0 Å². The van der Waals surface area contributed by atoms with Crippen molar-refractivity contribution in [2.45, 2.75) is 208 Å². The fraction of sp³-hybridized carbons (Fsp3) is 0.867. The number of unbranched alkanes of at least 4 members (excludes halogenated alkanes) is 15. The maximum absolute atomic E-state index is 2.58. The van der Waals surface area contributed by atoms with Gasteiger partial charge in [-0.3, -0.25) is 0 Å². The van der Waals surface area contributed by atoms with Gasteiger partial charge in [-0.1, -0.05) is 169 Å². The number of nitrogens with zero attached hydrogens (tertiary/aromatic N) is 1. The zero-order valence-electron chi connectivity index (χ0n) is 32.4. The second-order valence-corrected chi connectivity index (χ2v) is 17.6. The molecule has 0 heterocycles. The van der Waals surface area contributed by atoms with Crippen molar-refractivity contribution in [3.05, 3.63) is 35.9 Å². The maximum atomic E-state index is 2.58. The number of rotatable bonds is 23. The Morgan fingerprint density at radius 2 is 0.935 bits per heavy atom. The molecule has 0 N–H and O–H groups in total. The maximum Gasteiger partial charge on any atom is 0.105 e. The van der Waals surface area contributed by atoms with Crippen LogP contribution in [0.5, 0.6) is 0 Å². The van der Waals surface area contributed by atoms with Crippen LogP contribution in [0.2, 0.25) is 0 Å². The van der Waals surface area contributed by atoms with Crippen LogP contribution in [0.4, 0.5) is 0 Å². The minimum atomic E-state index is 0.787. The molecule has 0 radical (unpaired) electrons. The van der Waals surface area contributed by atoms with E-state index in [1.54, 1.807) is 5.56 Å². The second-order valence-electron chi connectivity index (χ2n) is 17.6. The van der Waals surface area contributed by atoms with Gasteiger partial charge in [-0.2, -0.15) is 0 Å². The molecule has 0 aromatic heterocycles. The van der Waals surface area contributed by atoms with Crippen molar-refractivity contribution in [3.63, 3.8) is 0 Å². The molecule has 1 heteroatoms. The highest BCUT2D eigenvalue weighted by Crippen LogP contribution is 2.48. The minimum absolute atomic E-state index is 0.787. The van der Waals surface area contributed by atoms with E-state index < -0.39 is 0 Å². The molecule has 0 saturated heterocycles. The predicted octanol–water partition coefficient (Wildman–Crippen LogP) is 14.2. The van der Waals surface area contributed by atoms with Gasteiger partial charge in [-0.15, -0.1) is 0 Å². The Hall–Kier alpha value is -0.820. The van der Waals surface area contributed by atoms with Crippen molar-refractivity contribution in [1.29, 1.82) is 0 Å². The van der Waals surface area contributed by atoms with Gasteiger partial charge in [0.2, 0.25) is 0 Å². The van der Waals surface area contributed by atoms with E-state index in [0.29, 0.717) is 0 Å². The summed E-state index contributed by atoms with van der Waals surface area (Å²) in [6.45, 7) is 20.4. The van der Waals surface area contributed by atoms with Gasteiger partial charge < -0.3 is 4.48 Å². The van der Waals surface area contributed by atoms with Crippen molar-refractivity contribution in [3.8, 4) is 0 Å². The van der Waals surface area contributed by atoms with Crippen molar-refractivity contribution < 1.29 is 4.48 Å². The monoisotopic (exact) mass is 637 g/mol. The van der Waals surface area contributed by atoms with Crippen LogP contribution >= 0.6 is 0 Å². The lowest BCUT2D eigenvalue weighted by molar-refractivity contribution is -0.995. The van der Waals surface area contributed by atoms with Crippen LogP contribution in [-0.2, 0) is 6.54 Å². The largest absolute Gasteiger partial charge is 0.315 e. The molecule has 0 aliphatic heterocycles. The summed E-state index contributed by atoms with van der Waals surface area (Å²) in [7, 11) is 0. The van der Waals surface area contributed by atoms with Gasteiger partial charge in [-0.25, -0.2) is 0 Å². The third kappa shape index (κ3) is 12.9. The number of quaternary nitrogens is 1. The van der Waals surface area contributed by atoms with E-state index in [4.69, 9.17) is 0 Å². The average molecular weight is 637 g/mol. The summed E-state index contributed by atoms with van der Waals surface area (Å²) in [4.78, 5) is 0. The molecule has 2 aliphatic carbocycles. The second kappa shape index (κ2) is 22.0. The highest BCUT2D eigenvalue weighted by atomic mass is 15.4. The Morgan fingerprint density at radius 3 is 1.33 bits per heavy atom. The van der Waals surface area contributed by atoms with Crippen LogP contribution < -0.4 is 0 Å². The molecule has 0 bridgehead atoms. The molecule has 2 aliphatic rings. The fourth-order valence-corrected chi connectivity index (χ4v) is 10.3. The standard InChI is InChI=1S/C45H82N/c1-8-9-10-11-12-13-14-15-16-17-18-19-20-21-22-26-33-46(36-41-27-24-23-25-28-41,44-34-39(6)29-31-42(44)37(2)3)45-35-40(7)30-32-43(45)38(4)5/h23-25,27-28,37-40,42-45H,8-22,26,29-36H2,1-7H3/q+1. The molecule has 6 atom stereocenters. The lowest BCUT2D eigenvalue weighted by atomic mass is 9.67. The van der Waals surface area contributed by atoms with E-state index >= 15 is 0 Å². The molecule has 1 aromatic carbocycles. The Labute approximate surface area is 290 Å². The van der Waals surface area contributed by atoms with Gasteiger partial charge in [0, 0.05) is 30.2 Å². The molecule has 1 aromatic rings. The highest BCUT2D eigenvalue weighted by molar-refractivity contribution is 5.14. The zero-order valence-corrected chi connectivity index (χ0v) is 32.4. The van der Waals surface area contributed by atoms with Crippen molar-refractivity contribution >= 4 is 0 Å². The summed E-state index contributed by atoms with van der Waals surface area (Å²) >= 11 is 0. The van der Waals surface area contributed by atoms with Gasteiger partial charge in [0.15, 0.2) is 0 Å². The molecule has 0 amide bonds. The zero-order chi connectivity index (χ0) is 33.2. The Kier molecular flexibility index (Phi) is 19.0. The van der Waals surface area contributed by atoms with Crippen LogP contribution in [0.15, 0.2) is 30.3 Å². The van der Waals surface area contributed by atoms with Crippen LogP contribution in [-0.4, -0.2) is 23.1 Å². The third-order valence-corrected chi connectivity index (χ3v) is 13.0. The summed E-state index contributed by atoms with van der Waals surface area (Å²) in [6.07, 6.45) is 32.0. The SMILES string of the molecule is CCCCCCCCCCCCCCCCCC[N+](Cc1ccccc1)(C1CC(C)CCC1C(C)C)C1CC(C)CCC1C(C)C. The van der Waals surface area contributed by atoms with Gasteiger partial charge in [0.1, 0.15) is 6.54 Å². The van der Waals surface area contributed by atoms with E-state index in [0.717, 1.165) is 47.6 Å². The molecular formula is C45H82N+. The number of hydrogen-bond donors (Lipinski definition) is 0. The Morgan fingerprint density at radius 1 is 0.543 bits per heavy atom. The van der Waals surface area contributed by atoms with Crippen molar-refractivity contribution in [1.82, 2.24) is 0 Å². The molecular weight excluding hydrogens is 555 g/mol. The molecule has 3 rings (SSSR count). The lowest BCUT2D eigenvalue weighted by Crippen LogP contribution is -2.68. The van der Waals surface area contributed by atoms with Crippen molar-refractivity contribution in [2.75, 3.05) is 6.54 Å². The highest BCUT2D eigenvalue weighted by Gasteiger charge is 2.53. The normalized spacial score (nSPS) is 26.9. The molecule has 6 unspecified atom stereocenters. The topological polar surface area (TPSA) is 0 Å². The van der Waals surface area contributed by atoms with Gasteiger partial charge in [0.25, 0.3) is 0 Å². The quantitative estimate of drug-likeness (QED) is 0.0828. The van der Waals surface area contributed by atoms with Crippen LogP contribution in [0.1, 0.15) is 195 Å². The first-order valence-electron chi connectivity index (χ1n) is 21.2. The van der Waals surface area contributed by atoms with Crippen LogP contribution in [0.25, 0.3) is 0 Å². The van der Waals surface area contributed by atoms with E-state index in [-0.39, 0.29) is 0 Å². The first-order valence-corrected chi connectivity index (χ1v) is 21.2. The summed E-state index contributed by atoms with van der Waals surface area (Å²) < 4.78 is 1.41. The summed E-state index contributed by atoms with van der Waals surface area (Å²) in [5.74, 6) is 5.05. The molecule has 266 valence electrons. The molecule has 2 saturated carbocycles. The van der Waals surface area contributed by atoms with Crippen LogP contribution in [0, 0.1) is 35.5 Å². The molecule has 1 nitrogen and oxygen atoms in total. The molecule has 46 heavy (non-hydrogen) atoms. The lowest BCUT2D eigenvalue weighted by Gasteiger charge is -2.59. The van der Waals surface area contributed by atoms with E-state index in [2.05, 4.69) is 78.8 Å². The van der Waals surface area contributed by atoms with E-state index in [1.807, 2.05) is 0 Å². The smallest absolute Gasteiger partial charge is 0.105 e. The predicted molar refractivity (Wildman–Crippen MR) is 205 cm³/mol. The van der Waals surface area contributed by atoms with Gasteiger partial charge in [-0.05, 0) is 62.2 Å². The van der Waals surface area contributed by atoms with Crippen LogP contribution in [0.3, 0.4) is 0 Å². The first kappa shape index (κ1) is 39.6. The van der Waals surface area contributed by atoms with Gasteiger partial charge in [0.05, 0.1) is 18.6 Å². The molecule has 2 fully saturated rings. The van der Waals surface area contributed by atoms with Crippen molar-refractivity contribution in [2.24, 2.45) is 35.5 Å². The Balaban J connectivity index is 1.63. The summed E-state index contributed by atoms with van der Waals surface area (Å²) in [5, 5.41) is 0. The summed E-state index contributed by atoms with van der Waals surface area (Å²) in [6, 6.07) is 13.4. The fourth-order valence-electron chi connectivity index (χ4n) is 10.3. The Bertz CT molecular complexity index is 840. The summed E-state index contributed by atoms with van der Waals surface area (Å²) in [5.41, 5.74) is 1.60. The first-order chi connectivity index (χ1) is 22.3. The third-order valence-electron chi connectivity index (χ3n) is 13.0. The van der Waals surface area contributed by atoms with E-state index in [9.17, 15) is 0 Å².